The van der Waals surface area contributed by atoms with Gasteiger partial charge in [-0.05, 0) is 168 Å². The average Bonchev–Trinajstić information content (AvgIpc) is 3.94. The summed E-state index contributed by atoms with van der Waals surface area (Å²) in [6, 6.07) is 29.1. The number of pyridine rings is 1. The van der Waals surface area contributed by atoms with Gasteiger partial charge in [0.05, 0.1) is 40.5 Å². The van der Waals surface area contributed by atoms with E-state index < -0.39 is 17.5 Å². The van der Waals surface area contributed by atoms with Gasteiger partial charge in [-0.1, -0.05) is 48.6 Å². The number of nitrogens with zero attached hydrogens (tertiary/aromatic N) is 6. The molecule has 3 aromatic heterocycles. The molecule has 0 saturated carbocycles. The Balaban J connectivity index is 0.734. The number of anilines is 3. The Morgan fingerprint density at radius 3 is 2.45 bits per heavy atom. The first-order valence-corrected chi connectivity index (χ1v) is 26.7. The lowest BCUT2D eigenvalue weighted by molar-refractivity contribution is -0.134. The van der Waals surface area contributed by atoms with Gasteiger partial charge in [0, 0.05) is 48.8 Å². The molecular weight excluding hydrogens is 967 g/mol. The van der Waals surface area contributed by atoms with Crippen molar-refractivity contribution in [1.29, 1.82) is 0 Å². The van der Waals surface area contributed by atoms with Crippen molar-refractivity contribution in [2.24, 2.45) is 18.9 Å². The van der Waals surface area contributed by atoms with Gasteiger partial charge in [0.25, 0.3) is 5.91 Å². The molecule has 16 nitrogen and oxygen atoms in total. The lowest BCUT2D eigenvalue weighted by Gasteiger charge is -2.32. The summed E-state index contributed by atoms with van der Waals surface area (Å²) in [7, 11) is 1.81. The van der Waals surface area contributed by atoms with Gasteiger partial charge in [0.2, 0.25) is 17.7 Å². The quantitative estimate of drug-likeness (QED) is 0.0692. The lowest BCUT2D eigenvalue weighted by atomic mass is 9.88. The van der Waals surface area contributed by atoms with Crippen LogP contribution < -0.4 is 25.6 Å². The Bertz CT molecular complexity index is 3320. The smallest absolute Gasteiger partial charge is 0.358 e. The highest BCUT2D eigenvalue weighted by Crippen LogP contribution is 2.36. The molecule has 10 rings (SSSR count). The fraction of sp³-hybridized carbons (Fsp3) is 0.379. The number of piperidine rings is 2. The molecule has 0 spiro atoms. The van der Waals surface area contributed by atoms with Gasteiger partial charge >= 0.3 is 5.97 Å². The fourth-order valence-corrected chi connectivity index (χ4v) is 11.5. The van der Waals surface area contributed by atoms with Crippen LogP contribution in [0.3, 0.4) is 0 Å². The SMILES string of the molecule is Cc1cc(OC[C@@H](C)CC2CCN(CC(=O)Nc3ccc4c(C5CCC(=O)NC5=O)nn(C)c4c3)CC2)ccc1-c1ccc(N2CCc3cccc(C(=O)Nc4nc5ccccc5s4)c3C2)nc1C(=O)OC(C)(C)C. The van der Waals surface area contributed by atoms with Gasteiger partial charge in [-0.2, -0.15) is 5.10 Å². The number of thiazole rings is 1. The van der Waals surface area contributed by atoms with Gasteiger partial charge in [0.1, 0.15) is 17.2 Å². The number of fused-ring (bicyclic) bond motifs is 3. The molecule has 3 aliphatic heterocycles. The largest absolute Gasteiger partial charge is 0.493 e. The molecule has 0 bridgehead atoms. The van der Waals surface area contributed by atoms with Gasteiger partial charge in [-0.3, -0.25) is 39.4 Å². The maximum Gasteiger partial charge on any atom is 0.358 e. The number of aromatic nitrogens is 4. The van der Waals surface area contributed by atoms with Crippen LogP contribution in [0, 0.1) is 18.8 Å². The van der Waals surface area contributed by atoms with Crippen LogP contribution in [0.5, 0.6) is 5.75 Å². The van der Waals surface area contributed by atoms with E-state index >= 15 is 0 Å². The third kappa shape index (κ3) is 11.6. The standard InChI is InChI=1S/C58H63N9O7S/c1-34(28-36-22-25-66(26-23-36)32-51(69)59-38-14-16-43-47(30-38)65(6)64-52(43)44-19-21-50(68)62-55(44)71)33-73-39-15-17-40(35(2)29-39)41-18-20-49(61-53(41)56(72)74-58(3,4)5)67-27-24-37-10-9-11-42(45(37)31-67)54(70)63-57-60-46-12-7-8-13-48(46)75-57/h7-18,20,29-30,34,36,44H,19,21-28,31-33H2,1-6H3,(H,59,69)(H,60,63,70)(H,62,68,71)/t34-,44?/m0/s1. The van der Waals surface area contributed by atoms with E-state index in [1.807, 2.05) is 120 Å². The average molecular weight is 1030 g/mol. The number of likely N-dealkylation sites (tertiary alicyclic amines) is 1. The molecule has 2 fully saturated rings. The molecule has 2 atom stereocenters. The van der Waals surface area contributed by atoms with E-state index in [0.717, 1.165) is 81.5 Å². The first-order valence-electron chi connectivity index (χ1n) is 25.9. The number of imide groups is 1. The second kappa shape index (κ2) is 21.4. The monoisotopic (exact) mass is 1030 g/mol. The van der Waals surface area contributed by atoms with Crippen LogP contribution >= 0.6 is 11.3 Å². The second-order valence-electron chi connectivity index (χ2n) is 21.3. The minimum Gasteiger partial charge on any atom is -0.493 e. The minimum absolute atomic E-state index is 0.0817. The molecule has 4 aromatic carbocycles. The molecule has 1 unspecified atom stereocenters. The summed E-state index contributed by atoms with van der Waals surface area (Å²) in [4.78, 5) is 79.2. The summed E-state index contributed by atoms with van der Waals surface area (Å²) >= 11 is 1.44. The van der Waals surface area contributed by atoms with Gasteiger partial charge in [-0.15, -0.1) is 0 Å². The highest BCUT2D eigenvalue weighted by atomic mass is 32.1. The molecule has 2 saturated heterocycles. The first-order chi connectivity index (χ1) is 36.0. The van der Waals surface area contributed by atoms with Gasteiger partial charge in [-0.25, -0.2) is 14.8 Å². The molecule has 7 aromatic rings. The lowest BCUT2D eigenvalue weighted by Crippen LogP contribution is -2.39. The van der Waals surface area contributed by atoms with Crippen molar-refractivity contribution in [2.75, 3.05) is 48.3 Å². The Labute approximate surface area is 440 Å². The number of ether oxygens (including phenoxy) is 2. The highest BCUT2D eigenvalue weighted by Gasteiger charge is 2.33. The fourth-order valence-electron chi connectivity index (χ4n) is 10.7. The topological polar surface area (TPSA) is 190 Å². The van der Waals surface area contributed by atoms with E-state index in [1.165, 1.54) is 11.3 Å². The summed E-state index contributed by atoms with van der Waals surface area (Å²) < 4.78 is 15.0. The minimum atomic E-state index is -0.743. The molecule has 17 heteroatoms. The molecule has 3 N–H and O–H groups in total. The second-order valence-corrected chi connectivity index (χ2v) is 22.3. The van der Waals surface area contributed by atoms with E-state index in [4.69, 9.17) is 14.5 Å². The Morgan fingerprint density at radius 2 is 1.68 bits per heavy atom. The highest BCUT2D eigenvalue weighted by molar-refractivity contribution is 7.22. The number of hydrogen-bond donors (Lipinski definition) is 3. The van der Waals surface area contributed by atoms with Crippen LogP contribution in [0.15, 0.2) is 91.0 Å². The molecule has 0 radical (unpaired) electrons. The zero-order valence-corrected chi connectivity index (χ0v) is 44.1. The van der Waals surface area contributed by atoms with Crippen LogP contribution in [0.4, 0.5) is 16.6 Å². The predicted molar refractivity (Wildman–Crippen MR) is 291 cm³/mol. The Kier molecular flexibility index (Phi) is 14.5. The van der Waals surface area contributed by atoms with Crippen molar-refractivity contribution in [2.45, 2.75) is 91.2 Å². The van der Waals surface area contributed by atoms with Crippen LogP contribution in [-0.2, 0) is 39.1 Å². The summed E-state index contributed by atoms with van der Waals surface area (Å²) in [6.07, 6.45) is 4.41. The molecular formula is C58H63N9O7S. The number of esters is 1. The number of carbonyl (C=O) groups excluding carboxylic acids is 5. The Hall–Kier alpha value is -7.50. The summed E-state index contributed by atoms with van der Waals surface area (Å²) in [6.45, 7) is 13.4. The molecule has 75 heavy (non-hydrogen) atoms. The number of para-hydroxylation sites is 1. The van der Waals surface area contributed by atoms with Crippen molar-refractivity contribution in [3.8, 4) is 16.9 Å². The third-order valence-electron chi connectivity index (χ3n) is 14.4. The number of hydrogen-bond acceptors (Lipinski definition) is 13. The maximum absolute atomic E-state index is 14.0. The van der Waals surface area contributed by atoms with Crippen LogP contribution in [0.1, 0.15) is 109 Å². The van der Waals surface area contributed by atoms with E-state index in [-0.39, 0.29) is 35.7 Å². The van der Waals surface area contributed by atoms with E-state index in [1.54, 1.807) is 4.68 Å². The van der Waals surface area contributed by atoms with Crippen molar-refractivity contribution in [3.05, 3.63) is 125 Å². The zero-order valence-electron chi connectivity index (χ0n) is 43.3. The van der Waals surface area contributed by atoms with E-state index in [0.29, 0.717) is 84.4 Å². The normalized spacial score (nSPS) is 16.9. The number of aryl methyl sites for hydroxylation is 2. The van der Waals surface area contributed by atoms with Crippen LogP contribution in [-0.4, -0.2) is 92.6 Å². The number of nitrogens with one attached hydrogen (secondary N) is 3. The number of benzene rings is 4. The predicted octanol–water partition coefficient (Wildman–Crippen LogP) is 9.60. The van der Waals surface area contributed by atoms with Crippen LogP contribution in [0.2, 0.25) is 0 Å². The van der Waals surface area contributed by atoms with E-state index in [9.17, 15) is 24.0 Å². The maximum atomic E-state index is 14.0. The summed E-state index contributed by atoms with van der Waals surface area (Å²) in [5, 5.41) is 14.5. The van der Waals surface area contributed by atoms with Crippen LogP contribution in [0.25, 0.3) is 32.2 Å². The van der Waals surface area contributed by atoms with Crippen molar-refractivity contribution in [3.63, 3.8) is 0 Å². The molecule has 4 amide bonds. The molecule has 6 heterocycles. The summed E-state index contributed by atoms with van der Waals surface area (Å²) in [5.41, 5.74) is 7.47. The van der Waals surface area contributed by atoms with Gasteiger partial charge < -0.3 is 19.7 Å². The molecule has 388 valence electrons. The first kappa shape index (κ1) is 51.0. The third-order valence-corrected chi connectivity index (χ3v) is 15.3. The Morgan fingerprint density at radius 1 is 0.880 bits per heavy atom. The van der Waals surface area contributed by atoms with E-state index in [2.05, 4.69) is 48.8 Å². The summed E-state index contributed by atoms with van der Waals surface area (Å²) in [5.74, 6) is 0.310. The van der Waals surface area contributed by atoms with Crippen molar-refractivity contribution in [1.82, 2.24) is 30.0 Å². The number of amides is 4. The van der Waals surface area contributed by atoms with Crippen molar-refractivity contribution >= 4 is 78.7 Å². The number of rotatable bonds is 14. The molecule has 3 aliphatic rings. The van der Waals surface area contributed by atoms with Crippen molar-refractivity contribution < 1.29 is 33.4 Å². The molecule has 0 aliphatic carbocycles. The van der Waals surface area contributed by atoms with Gasteiger partial charge in [0.15, 0.2) is 10.8 Å². The number of carbonyl (C=O) groups is 5. The zero-order chi connectivity index (χ0) is 52.5.